The maximum Gasteiger partial charge on any atom is 0.241 e. The van der Waals surface area contributed by atoms with Gasteiger partial charge in [0.25, 0.3) is 0 Å². The summed E-state index contributed by atoms with van der Waals surface area (Å²) in [4.78, 5) is 30.4. The third-order valence-electron chi connectivity index (χ3n) is 5.43. The van der Waals surface area contributed by atoms with Gasteiger partial charge in [0.05, 0.1) is 5.69 Å². The fraction of sp³-hybridized carbons (Fsp3) is 0.667. The van der Waals surface area contributed by atoms with E-state index in [-0.39, 0.29) is 17.9 Å². The molecule has 25 heavy (non-hydrogen) atoms. The van der Waals surface area contributed by atoms with Crippen molar-refractivity contribution in [1.82, 2.24) is 24.9 Å². The predicted octanol–water partition coefficient (Wildman–Crippen LogP) is 0.420. The molecule has 0 aromatic carbocycles. The van der Waals surface area contributed by atoms with Crippen LogP contribution < -0.4 is 0 Å². The van der Waals surface area contributed by atoms with Crippen LogP contribution in [0.1, 0.15) is 25.5 Å². The topological polar surface area (TPSA) is 69.6 Å². The van der Waals surface area contributed by atoms with Gasteiger partial charge in [-0.3, -0.25) is 14.5 Å². The minimum absolute atomic E-state index is 0.0496. The lowest BCUT2D eigenvalue weighted by atomic mass is 9.91. The van der Waals surface area contributed by atoms with Crippen LogP contribution in [0.4, 0.5) is 0 Å². The summed E-state index contributed by atoms with van der Waals surface area (Å²) in [6, 6.07) is 3.72. The van der Waals surface area contributed by atoms with Crippen LogP contribution in [-0.4, -0.2) is 82.5 Å². The Bertz CT molecular complexity index is 601. The second-order valence-corrected chi connectivity index (χ2v) is 7.15. The molecule has 1 unspecified atom stereocenters. The second-order valence-electron chi connectivity index (χ2n) is 7.15. The quantitative estimate of drug-likeness (QED) is 0.794. The molecule has 3 heterocycles. The zero-order valence-corrected chi connectivity index (χ0v) is 15.1. The number of aromatic nitrogens is 2. The van der Waals surface area contributed by atoms with Gasteiger partial charge in [-0.25, -0.2) is 0 Å². The zero-order chi connectivity index (χ0) is 17.8. The lowest BCUT2D eigenvalue weighted by Crippen LogP contribution is -2.59. The highest BCUT2D eigenvalue weighted by Gasteiger charge is 2.35. The predicted molar refractivity (Wildman–Crippen MR) is 93.7 cm³/mol. The molecular weight excluding hydrogens is 318 g/mol. The van der Waals surface area contributed by atoms with Crippen molar-refractivity contribution in [2.24, 2.45) is 5.92 Å². The zero-order valence-electron chi connectivity index (χ0n) is 15.1. The summed E-state index contributed by atoms with van der Waals surface area (Å²) in [5.74, 6) is 0.763. The molecule has 2 amide bonds. The Morgan fingerprint density at radius 2 is 1.92 bits per heavy atom. The Morgan fingerprint density at radius 3 is 2.56 bits per heavy atom. The normalized spacial score (nSPS) is 22.9. The summed E-state index contributed by atoms with van der Waals surface area (Å²) in [6.45, 7) is 5.10. The van der Waals surface area contributed by atoms with Crippen LogP contribution in [0.2, 0.25) is 0 Å². The SMILES string of the molecule is CC(=O)N1CCN(C)C(C(=O)N2CCC(Cc3cccnn3)CC2)C1. The minimum atomic E-state index is -0.214. The van der Waals surface area contributed by atoms with Crippen molar-refractivity contribution < 1.29 is 9.59 Å². The fourth-order valence-electron chi connectivity index (χ4n) is 3.73. The van der Waals surface area contributed by atoms with Crippen LogP contribution >= 0.6 is 0 Å². The maximum atomic E-state index is 12.9. The largest absolute Gasteiger partial charge is 0.341 e. The molecule has 2 aliphatic heterocycles. The molecule has 1 atom stereocenters. The molecule has 0 bridgehead atoms. The van der Waals surface area contributed by atoms with Crippen molar-refractivity contribution in [2.75, 3.05) is 39.8 Å². The number of likely N-dealkylation sites (tertiary alicyclic amines) is 1. The Kier molecular flexibility index (Phi) is 5.63. The van der Waals surface area contributed by atoms with Crippen LogP contribution in [0, 0.1) is 5.92 Å². The molecule has 2 fully saturated rings. The van der Waals surface area contributed by atoms with Gasteiger partial charge < -0.3 is 9.80 Å². The Balaban J connectivity index is 1.53. The van der Waals surface area contributed by atoms with Crippen molar-refractivity contribution >= 4 is 11.8 Å². The van der Waals surface area contributed by atoms with Crippen LogP contribution in [0.15, 0.2) is 18.3 Å². The number of likely N-dealkylation sites (N-methyl/N-ethyl adjacent to an activating group) is 1. The third-order valence-corrected chi connectivity index (χ3v) is 5.43. The van der Waals surface area contributed by atoms with E-state index in [1.807, 2.05) is 24.1 Å². The van der Waals surface area contributed by atoms with Gasteiger partial charge in [0.2, 0.25) is 11.8 Å². The standard InChI is InChI=1S/C18H27N5O2/c1-14(24)23-11-10-21(2)17(13-23)18(25)22-8-5-15(6-9-22)12-16-4-3-7-19-20-16/h3-4,7,15,17H,5-6,8-13H2,1-2H3. The first-order chi connectivity index (χ1) is 12.0. The molecule has 0 N–H and O–H groups in total. The van der Waals surface area contributed by atoms with E-state index in [1.165, 1.54) is 0 Å². The Morgan fingerprint density at radius 1 is 1.16 bits per heavy atom. The Hall–Kier alpha value is -2.02. The molecule has 0 spiro atoms. The van der Waals surface area contributed by atoms with Crippen molar-refractivity contribution in [2.45, 2.75) is 32.2 Å². The summed E-state index contributed by atoms with van der Waals surface area (Å²) in [7, 11) is 1.97. The third kappa shape index (κ3) is 4.34. The van der Waals surface area contributed by atoms with E-state index in [0.717, 1.165) is 44.6 Å². The number of amides is 2. The first-order valence-electron chi connectivity index (χ1n) is 9.05. The first kappa shape index (κ1) is 17.8. The molecule has 1 aromatic heterocycles. The van der Waals surface area contributed by atoms with Crippen molar-refractivity contribution in [1.29, 1.82) is 0 Å². The molecule has 7 nitrogen and oxygen atoms in total. The highest BCUT2D eigenvalue weighted by Crippen LogP contribution is 2.22. The molecule has 3 rings (SSSR count). The second kappa shape index (κ2) is 7.91. The van der Waals surface area contributed by atoms with Crippen molar-refractivity contribution in [3.05, 3.63) is 24.0 Å². The smallest absolute Gasteiger partial charge is 0.241 e. The van der Waals surface area contributed by atoms with E-state index >= 15 is 0 Å². The van der Waals surface area contributed by atoms with Gasteiger partial charge in [-0.15, -0.1) is 0 Å². The molecule has 2 saturated heterocycles. The van der Waals surface area contributed by atoms with Crippen molar-refractivity contribution in [3.63, 3.8) is 0 Å². The first-order valence-corrected chi connectivity index (χ1v) is 9.05. The monoisotopic (exact) mass is 345 g/mol. The lowest BCUT2D eigenvalue weighted by Gasteiger charge is -2.41. The molecule has 136 valence electrons. The summed E-state index contributed by atoms with van der Waals surface area (Å²) < 4.78 is 0. The van der Waals surface area contributed by atoms with Gasteiger partial charge in [0.1, 0.15) is 6.04 Å². The fourth-order valence-corrected chi connectivity index (χ4v) is 3.73. The summed E-state index contributed by atoms with van der Waals surface area (Å²) in [5.41, 5.74) is 1.02. The van der Waals surface area contributed by atoms with Gasteiger partial charge in [0, 0.05) is 45.8 Å². The molecule has 0 aliphatic carbocycles. The highest BCUT2D eigenvalue weighted by atomic mass is 16.2. The van der Waals surface area contributed by atoms with Gasteiger partial charge in [0.15, 0.2) is 0 Å². The summed E-state index contributed by atoms with van der Waals surface area (Å²) in [6.07, 6.45) is 4.61. The van der Waals surface area contributed by atoms with Gasteiger partial charge in [-0.05, 0) is 44.4 Å². The maximum absolute atomic E-state index is 12.9. The summed E-state index contributed by atoms with van der Waals surface area (Å²) >= 11 is 0. The number of piperazine rings is 1. The number of piperidine rings is 1. The van der Waals surface area contributed by atoms with Gasteiger partial charge in [-0.2, -0.15) is 10.2 Å². The van der Waals surface area contributed by atoms with Crippen LogP contribution in [0.3, 0.4) is 0 Å². The lowest BCUT2D eigenvalue weighted by molar-refractivity contribution is -0.143. The van der Waals surface area contributed by atoms with E-state index in [1.54, 1.807) is 18.0 Å². The molecular formula is C18H27N5O2. The van der Waals surface area contributed by atoms with E-state index < -0.39 is 0 Å². The molecule has 0 radical (unpaired) electrons. The molecule has 0 saturated carbocycles. The van der Waals surface area contributed by atoms with Crippen LogP contribution in [-0.2, 0) is 16.0 Å². The number of rotatable bonds is 3. The average molecular weight is 345 g/mol. The summed E-state index contributed by atoms with van der Waals surface area (Å²) in [5, 5.41) is 8.09. The number of carbonyl (C=O) groups excluding carboxylic acids is 2. The van der Waals surface area contributed by atoms with E-state index in [2.05, 4.69) is 15.1 Å². The molecule has 7 heteroatoms. The average Bonchev–Trinajstić information content (AvgIpc) is 2.63. The van der Waals surface area contributed by atoms with Crippen LogP contribution in [0.5, 0.6) is 0 Å². The number of nitrogens with zero attached hydrogens (tertiary/aromatic N) is 5. The van der Waals surface area contributed by atoms with E-state index in [0.29, 0.717) is 19.0 Å². The number of carbonyl (C=O) groups is 2. The Labute approximate surface area is 149 Å². The number of hydrogen-bond donors (Lipinski definition) is 0. The van der Waals surface area contributed by atoms with E-state index in [4.69, 9.17) is 0 Å². The van der Waals surface area contributed by atoms with Crippen molar-refractivity contribution in [3.8, 4) is 0 Å². The van der Waals surface area contributed by atoms with Gasteiger partial charge in [-0.1, -0.05) is 0 Å². The minimum Gasteiger partial charge on any atom is -0.341 e. The van der Waals surface area contributed by atoms with Gasteiger partial charge >= 0.3 is 0 Å². The highest BCUT2D eigenvalue weighted by molar-refractivity contribution is 5.83. The molecule has 1 aromatic rings. The number of hydrogen-bond acceptors (Lipinski definition) is 5. The van der Waals surface area contributed by atoms with Crippen LogP contribution in [0.25, 0.3) is 0 Å². The van der Waals surface area contributed by atoms with E-state index in [9.17, 15) is 9.59 Å². The molecule has 2 aliphatic rings.